The van der Waals surface area contributed by atoms with Gasteiger partial charge in [-0.05, 0) is 63.0 Å². The molecule has 1 fully saturated rings. The number of hydrogen-bond donors (Lipinski definition) is 2. The number of methoxy groups -OCH3 is 1. The summed E-state index contributed by atoms with van der Waals surface area (Å²) in [5.74, 6) is 1.70. The molecule has 1 aromatic carbocycles. The zero-order chi connectivity index (χ0) is 12.8. The van der Waals surface area contributed by atoms with Gasteiger partial charge in [-0.2, -0.15) is 0 Å². The monoisotopic (exact) mass is 248 g/mol. The van der Waals surface area contributed by atoms with E-state index in [-0.39, 0.29) is 0 Å². The van der Waals surface area contributed by atoms with Gasteiger partial charge in [-0.1, -0.05) is 12.1 Å². The van der Waals surface area contributed by atoms with E-state index >= 15 is 0 Å². The van der Waals surface area contributed by atoms with Crippen LogP contribution in [-0.2, 0) is 0 Å². The topological polar surface area (TPSA) is 33.3 Å². The number of piperidine rings is 1. The summed E-state index contributed by atoms with van der Waals surface area (Å²) in [5.41, 5.74) is 1.32. The molecule has 1 aliphatic rings. The Bertz CT molecular complexity index is 344. The van der Waals surface area contributed by atoms with Crippen molar-refractivity contribution in [2.24, 2.45) is 5.92 Å². The minimum absolute atomic E-state index is 0.401. The van der Waals surface area contributed by atoms with Crippen LogP contribution in [0.5, 0.6) is 5.75 Å². The largest absolute Gasteiger partial charge is 0.497 e. The van der Waals surface area contributed by atoms with E-state index in [0.717, 1.165) is 24.8 Å². The van der Waals surface area contributed by atoms with Crippen LogP contribution in [0.1, 0.15) is 31.4 Å². The highest BCUT2D eigenvalue weighted by Gasteiger charge is 2.14. The number of nitrogens with one attached hydrogen (secondary N) is 2. The van der Waals surface area contributed by atoms with E-state index in [1.807, 2.05) is 12.1 Å². The Balaban J connectivity index is 1.80. The van der Waals surface area contributed by atoms with Crippen LogP contribution < -0.4 is 15.4 Å². The maximum atomic E-state index is 5.18. The fourth-order valence-electron chi connectivity index (χ4n) is 2.45. The molecule has 0 saturated carbocycles. The van der Waals surface area contributed by atoms with Crippen molar-refractivity contribution < 1.29 is 4.74 Å². The summed E-state index contributed by atoms with van der Waals surface area (Å²) < 4.78 is 5.18. The SMILES string of the molecule is COc1ccc([C@H](C)NCC2CCCNC2)cc1. The summed E-state index contributed by atoms with van der Waals surface area (Å²) in [6.45, 7) is 5.66. The summed E-state index contributed by atoms with van der Waals surface area (Å²) in [5, 5.41) is 7.08. The third kappa shape index (κ3) is 3.72. The summed E-state index contributed by atoms with van der Waals surface area (Å²) in [4.78, 5) is 0. The Morgan fingerprint density at radius 2 is 2.17 bits per heavy atom. The lowest BCUT2D eigenvalue weighted by Crippen LogP contribution is -2.36. The Hall–Kier alpha value is -1.06. The molecule has 0 radical (unpaired) electrons. The minimum Gasteiger partial charge on any atom is -0.497 e. The van der Waals surface area contributed by atoms with Crippen LogP contribution in [0.4, 0.5) is 0 Å². The molecule has 3 heteroatoms. The van der Waals surface area contributed by atoms with Gasteiger partial charge in [0, 0.05) is 6.04 Å². The predicted octanol–water partition coefficient (Wildman–Crippen LogP) is 2.35. The van der Waals surface area contributed by atoms with Gasteiger partial charge in [-0.15, -0.1) is 0 Å². The zero-order valence-electron chi connectivity index (χ0n) is 11.4. The molecular weight excluding hydrogens is 224 g/mol. The molecular formula is C15H24N2O. The molecule has 1 aliphatic heterocycles. The first-order chi connectivity index (χ1) is 8.79. The van der Waals surface area contributed by atoms with Gasteiger partial charge in [0.25, 0.3) is 0 Å². The standard InChI is InChI=1S/C15H24N2O/c1-12(14-5-7-15(18-2)8-6-14)17-11-13-4-3-9-16-10-13/h5-8,12-13,16-17H,3-4,9-11H2,1-2H3/t12-,13?/m0/s1. The molecule has 1 saturated heterocycles. The Morgan fingerprint density at radius 1 is 1.39 bits per heavy atom. The first kappa shape index (κ1) is 13.4. The van der Waals surface area contributed by atoms with E-state index in [9.17, 15) is 0 Å². The van der Waals surface area contributed by atoms with Gasteiger partial charge < -0.3 is 15.4 Å². The number of ether oxygens (including phenoxy) is 1. The molecule has 18 heavy (non-hydrogen) atoms. The molecule has 2 atom stereocenters. The van der Waals surface area contributed by atoms with Gasteiger partial charge >= 0.3 is 0 Å². The minimum atomic E-state index is 0.401. The van der Waals surface area contributed by atoms with Crippen LogP contribution in [0.2, 0.25) is 0 Å². The molecule has 1 aromatic rings. The summed E-state index contributed by atoms with van der Waals surface area (Å²) in [6.07, 6.45) is 2.65. The van der Waals surface area contributed by atoms with E-state index in [0.29, 0.717) is 6.04 Å². The van der Waals surface area contributed by atoms with E-state index in [1.54, 1.807) is 7.11 Å². The number of hydrogen-bond acceptors (Lipinski definition) is 3. The van der Waals surface area contributed by atoms with Crippen molar-refractivity contribution in [3.63, 3.8) is 0 Å². The third-order valence-electron chi connectivity index (χ3n) is 3.73. The van der Waals surface area contributed by atoms with Gasteiger partial charge in [0.05, 0.1) is 7.11 Å². The Kier molecular flexibility index (Phi) is 5.02. The number of rotatable bonds is 5. The van der Waals surface area contributed by atoms with Crippen molar-refractivity contribution in [3.05, 3.63) is 29.8 Å². The quantitative estimate of drug-likeness (QED) is 0.839. The van der Waals surface area contributed by atoms with Gasteiger partial charge in [0.2, 0.25) is 0 Å². The molecule has 0 aromatic heterocycles. The van der Waals surface area contributed by atoms with E-state index in [1.165, 1.54) is 24.9 Å². The van der Waals surface area contributed by atoms with Gasteiger partial charge in [0.1, 0.15) is 5.75 Å². The zero-order valence-corrected chi connectivity index (χ0v) is 11.4. The van der Waals surface area contributed by atoms with Crippen LogP contribution >= 0.6 is 0 Å². The molecule has 2 N–H and O–H groups in total. The lowest BCUT2D eigenvalue weighted by atomic mass is 9.99. The highest BCUT2D eigenvalue weighted by Crippen LogP contribution is 2.18. The average Bonchev–Trinajstić information content (AvgIpc) is 2.46. The van der Waals surface area contributed by atoms with Gasteiger partial charge in [-0.3, -0.25) is 0 Å². The Morgan fingerprint density at radius 3 is 2.78 bits per heavy atom. The molecule has 0 bridgehead atoms. The Labute approximate surface area is 110 Å². The highest BCUT2D eigenvalue weighted by molar-refractivity contribution is 5.28. The van der Waals surface area contributed by atoms with Crippen LogP contribution in [0, 0.1) is 5.92 Å². The van der Waals surface area contributed by atoms with Crippen molar-refractivity contribution in [2.75, 3.05) is 26.7 Å². The van der Waals surface area contributed by atoms with E-state index in [2.05, 4.69) is 29.7 Å². The first-order valence-electron chi connectivity index (χ1n) is 6.87. The van der Waals surface area contributed by atoms with Crippen LogP contribution in [0.25, 0.3) is 0 Å². The van der Waals surface area contributed by atoms with Crippen molar-refractivity contribution in [3.8, 4) is 5.75 Å². The molecule has 2 rings (SSSR count). The maximum absolute atomic E-state index is 5.18. The lowest BCUT2D eigenvalue weighted by molar-refractivity contribution is 0.348. The fraction of sp³-hybridized carbons (Fsp3) is 0.600. The second-order valence-corrected chi connectivity index (χ2v) is 5.12. The van der Waals surface area contributed by atoms with Crippen LogP contribution in [0.15, 0.2) is 24.3 Å². The normalized spacial score (nSPS) is 21.6. The van der Waals surface area contributed by atoms with E-state index < -0.39 is 0 Å². The van der Waals surface area contributed by atoms with Crippen molar-refractivity contribution in [1.82, 2.24) is 10.6 Å². The van der Waals surface area contributed by atoms with Crippen molar-refractivity contribution in [1.29, 1.82) is 0 Å². The number of benzene rings is 1. The molecule has 0 spiro atoms. The van der Waals surface area contributed by atoms with Crippen molar-refractivity contribution in [2.45, 2.75) is 25.8 Å². The molecule has 1 unspecified atom stereocenters. The average molecular weight is 248 g/mol. The van der Waals surface area contributed by atoms with Crippen LogP contribution in [0.3, 0.4) is 0 Å². The second kappa shape index (κ2) is 6.76. The predicted molar refractivity (Wildman–Crippen MR) is 75.0 cm³/mol. The lowest BCUT2D eigenvalue weighted by Gasteiger charge is -2.25. The van der Waals surface area contributed by atoms with Crippen molar-refractivity contribution >= 4 is 0 Å². The molecule has 3 nitrogen and oxygen atoms in total. The summed E-state index contributed by atoms with van der Waals surface area (Å²) >= 11 is 0. The smallest absolute Gasteiger partial charge is 0.118 e. The summed E-state index contributed by atoms with van der Waals surface area (Å²) in [6, 6.07) is 8.72. The third-order valence-corrected chi connectivity index (χ3v) is 3.73. The molecule has 1 heterocycles. The van der Waals surface area contributed by atoms with Gasteiger partial charge in [0.15, 0.2) is 0 Å². The van der Waals surface area contributed by atoms with E-state index in [4.69, 9.17) is 4.74 Å². The first-order valence-corrected chi connectivity index (χ1v) is 6.87. The molecule has 100 valence electrons. The highest BCUT2D eigenvalue weighted by atomic mass is 16.5. The van der Waals surface area contributed by atoms with Crippen LogP contribution in [-0.4, -0.2) is 26.7 Å². The fourth-order valence-corrected chi connectivity index (χ4v) is 2.45. The molecule has 0 amide bonds. The second-order valence-electron chi connectivity index (χ2n) is 5.12. The maximum Gasteiger partial charge on any atom is 0.118 e. The molecule has 0 aliphatic carbocycles. The summed E-state index contributed by atoms with van der Waals surface area (Å²) in [7, 11) is 1.70. The van der Waals surface area contributed by atoms with Gasteiger partial charge in [-0.25, -0.2) is 0 Å².